The molecular formula is C44H53NO14. The molecule has 0 aliphatic carbocycles. The van der Waals surface area contributed by atoms with E-state index >= 15 is 0 Å². The molecule has 6 rings (SSSR count). The summed E-state index contributed by atoms with van der Waals surface area (Å²) in [6.45, 7) is 5.08. The van der Waals surface area contributed by atoms with Crippen molar-refractivity contribution in [1.82, 2.24) is 5.32 Å². The van der Waals surface area contributed by atoms with E-state index in [9.17, 15) is 19.2 Å². The highest BCUT2D eigenvalue weighted by Crippen LogP contribution is 2.37. The predicted octanol–water partition coefficient (Wildman–Crippen LogP) is 3.62. The average molecular weight is 820 g/mol. The van der Waals surface area contributed by atoms with Gasteiger partial charge in [-0.3, -0.25) is 19.2 Å². The Labute approximate surface area is 343 Å². The summed E-state index contributed by atoms with van der Waals surface area (Å²) < 4.78 is 62.8. The minimum atomic E-state index is -1.41. The molecule has 15 heteroatoms. The normalized spacial score (nSPS) is 29.1. The highest BCUT2D eigenvalue weighted by Gasteiger charge is 2.57. The van der Waals surface area contributed by atoms with Gasteiger partial charge in [0.25, 0.3) is 0 Å². The summed E-state index contributed by atoms with van der Waals surface area (Å²) in [4.78, 5) is 49.9. The first-order valence-corrected chi connectivity index (χ1v) is 19.9. The number of carbonyl (C=O) groups excluding carboxylic acids is 4. The molecule has 0 spiro atoms. The largest absolute Gasteiger partial charge is 0.463 e. The lowest BCUT2D eigenvalue weighted by atomic mass is 9.94. The minimum Gasteiger partial charge on any atom is -0.463 e. The summed E-state index contributed by atoms with van der Waals surface area (Å²) in [5.74, 6) is -2.60. The molecule has 1 amide bonds. The molecule has 3 aliphatic rings. The fraction of sp³-hybridized carbons (Fsp3) is 0.500. The molecule has 11 unspecified atom stereocenters. The Balaban J connectivity index is 1.37. The van der Waals surface area contributed by atoms with E-state index < -0.39 is 98.1 Å². The van der Waals surface area contributed by atoms with Gasteiger partial charge in [-0.15, -0.1) is 0 Å². The number of fused-ring (bicyclic) bond motifs is 1. The van der Waals surface area contributed by atoms with E-state index in [2.05, 4.69) is 5.32 Å². The van der Waals surface area contributed by atoms with Gasteiger partial charge in [-0.25, -0.2) is 0 Å². The SMILES string of the molecule is CC(=O)NC1C(OC2C3OC(Cc4ccccc4)OCC3OC(OCCc3ccccc3)C2OCCc2ccccc2)OC(COC(C)=O)C(OC(C)=O)C1OC(C)=O. The molecule has 3 heterocycles. The van der Waals surface area contributed by atoms with Crippen LogP contribution in [-0.2, 0) is 85.8 Å². The van der Waals surface area contributed by atoms with Crippen molar-refractivity contribution in [2.45, 2.75) is 115 Å². The number of benzene rings is 3. The number of amides is 1. The van der Waals surface area contributed by atoms with Crippen molar-refractivity contribution < 1.29 is 66.5 Å². The van der Waals surface area contributed by atoms with Crippen LogP contribution in [-0.4, -0.2) is 118 Å². The first kappa shape index (κ1) is 43.8. The van der Waals surface area contributed by atoms with Crippen LogP contribution in [0.1, 0.15) is 44.4 Å². The van der Waals surface area contributed by atoms with Crippen LogP contribution < -0.4 is 5.32 Å². The highest BCUT2D eigenvalue weighted by molar-refractivity contribution is 5.73. The zero-order chi connectivity index (χ0) is 41.7. The van der Waals surface area contributed by atoms with E-state index in [4.69, 9.17) is 47.4 Å². The number of nitrogens with one attached hydrogen (secondary N) is 1. The van der Waals surface area contributed by atoms with Gasteiger partial charge in [-0.2, -0.15) is 0 Å². The van der Waals surface area contributed by atoms with Crippen molar-refractivity contribution in [1.29, 1.82) is 0 Å². The summed E-state index contributed by atoms with van der Waals surface area (Å²) in [5, 5.41) is 2.79. The second-order valence-corrected chi connectivity index (χ2v) is 14.6. The van der Waals surface area contributed by atoms with Gasteiger partial charge in [0, 0.05) is 34.1 Å². The summed E-state index contributed by atoms with van der Waals surface area (Å²) in [5.41, 5.74) is 3.09. The monoisotopic (exact) mass is 819 g/mol. The van der Waals surface area contributed by atoms with Crippen LogP contribution >= 0.6 is 0 Å². The van der Waals surface area contributed by atoms with Crippen LogP contribution in [0.25, 0.3) is 0 Å². The van der Waals surface area contributed by atoms with E-state index in [-0.39, 0.29) is 19.8 Å². The van der Waals surface area contributed by atoms with Gasteiger partial charge >= 0.3 is 17.9 Å². The minimum absolute atomic E-state index is 0.123. The van der Waals surface area contributed by atoms with Crippen LogP contribution in [0.3, 0.4) is 0 Å². The molecule has 3 aromatic carbocycles. The van der Waals surface area contributed by atoms with Crippen molar-refractivity contribution in [2.24, 2.45) is 0 Å². The van der Waals surface area contributed by atoms with E-state index in [0.717, 1.165) is 16.7 Å². The van der Waals surface area contributed by atoms with E-state index in [1.165, 1.54) is 27.7 Å². The third-order valence-electron chi connectivity index (χ3n) is 10.0. The quantitative estimate of drug-likeness (QED) is 0.155. The van der Waals surface area contributed by atoms with Gasteiger partial charge in [-0.1, -0.05) is 91.0 Å². The maximum Gasteiger partial charge on any atom is 0.303 e. The lowest BCUT2D eigenvalue weighted by Crippen LogP contribution is -2.70. The Morgan fingerprint density at radius 1 is 0.627 bits per heavy atom. The molecular weight excluding hydrogens is 766 g/mol. The first-order valence-electron chi connectivity index (χ1n) is 19.9. The van der Waals surface area contributed by atoms with Crippen molar-refractivity contribution in [3.63, 3.8) is 0 Å². The van der Waals surface area contributed by atoms with Crippen LogP contribution in [0, 0.1) is 0 Å². The fourth-order valence-corrected chi connectivity index (χ4v) is 7.43. The van der Waals surface area contributed by atoms with Gasteiger partial charge in [0.15, 0.2) is 31.1 Å². The molecule has 15 nitrogen and oxygen atoms in total. The molecule has 0 radical (unpaired) electrons. The number of rotatable bonds is 17. The van der Waals surface area contributed by atoms with Gasteiger partial charge in [0.05, 0.1) is 19.8 Å². The number of hydrogen-bond acceptors (Lipinski definition) is 14. The topological polar surface area (TPSA) is 173 Å². The molecule has 59 heavy (non-hydrogen) atoms. The third-order valence-corrected chi connectivity index (χ3v) is 10.0. The van der Waals surface area contributed by atoms with E-state index in [0.29, 0.717) is 19.3 Å². The van der Waals surface area contributed by atoms with Crippen LogP contribution in [0.2, 0.25) is 0 Å². The zero-order valence-corrected chi connectivity index (χ0v) is 33.7. The van der Waals surface area contributed by atoms with Crippen molar-refractivity contribution in [3.8, 4) is 0 Å². The number of carbonyl (C=O) groups is 4. The molecule has 318 valence electrons. The van der Waals surface area contributed by atoms with Gasteiger partial charge in [0.2, 0.25) is 5.91 Å². The molecule has 3 fully saturated rings. The fourth-order valence-electron chi connectivity index (χ4n) is 7.43. The van der Waals surface area contributed by atoms with Crippen molar-refractivity contribution in [3.05, 3.63) is 108 Å². The van der Waals surface area contributed by atoms with Crippen LogP contribution in [0.15, 0.2) is 91.0 Å². The highest BCUT2D eigenvalue weighted by atomic mass is 16.8. The molecule has 0 saturated carbocycles. The molecule has 1 N–H and O–H groups in total. The van der Waals surface area contributed by atoms with Gasteiger partial charge in [-0.05, 0) is 29.5 Å². The standard InChI is InChI=1S/C44H53NO14/c1-27(46)45-37-40(55-30(4)49)38(54-29(3)48)34(25-52-28(2)47)56-43(37)59-41-39-35(26-53-36(58-39)24-33-18-12-7-13-19-33)57-44(51-23-21-32-16-10-6-11-17-32)42(41)50-22-20-31-14-8-5-9-15-31/h5-19,34-44H,20-26H2,1-4H3,(H,45,46). The smallest absolute Gasteiger partial charge is 0.303 e. The number of esters is 3. The van der Waals surface area contributed by atoms with E-state index in [1.807, 2.05) is 91.0 Å². The lowest BCUT2D eigenvalue weighted by molar-refractivity contribution is -0.388. The first-order chi connectivity index (χ1) is 28.5. The summed E-state index contributed by atoms with van der Waals surface area (Å²) >= 11 is 0. The summed E-state index contributed by atoms with van der Waals surface area (Å²) in [6, 6.07) is 28.2. The van der Waals surface area contributed by atoms with Gasteiger partial charge in [0.1, 0.15) is 43.2 Å². The van der Waals surface area contributed by atoms with Crippen LogP contribution in [0.5, 0.6) is 0 Å². The maximum atomic E-state index is 12.8. The second kappa shape index (κ2) is 21.5. The third kappa shape index (κ3) is 12.6. The van der Waals surface area contributed by atoms with E-state index in [1.54, 1.807) is 0 Å². The maximum absolute atomic E-state index is 12.8. The Morgan fingerprint density at radius 3 is 1.78 bits per heavy atom. The average Bonchev–Trinajstić information content (AvgIpc) is 3.21. The molecule has 0 bridgehead atoms. The van der Waals surface area contributed by atoms with Gasteiger partial charge < -0.3 is 52.7 Å². The Hall–Kier alpha value is -4.74. The summed E-state index contributed by atoms with van der Waals surface area (Å²) in [6.07, 6.45) is -8.91. The molecule has 11 atom stereocenters. The van der Waals surface area contributed by atoms with Crippen molar-refractivity contribution in [2.75, 3.05) is 26.4 Å². The Morgan fingerprint density at radius 2 is 1.20 bits per heavy atom. The molecule has 0 aromatic heterocycles. The predicted molar refractivity (Wildman–Crippen MR) is 208 cm³/mol. The molecule has 3 aromatic rings. The lowest BCUT2D eigenvalue weighted by Gasteiger charge is -2.51. The van der Waals surface area contributed by atoms with Crippen molar-refractivity contribution >= 4 is 23.8 Å². The second-order valence-electron chi connectivity index (χ2n) is 14.6. The zero-order valence-electron chi connectivity index (χ0n) is 33.7. The number of hydrogen-bond donors (Lipinski definition) is 1. The molecule has 3 aliphatic heterocycles. The number of ether oxygens (including phenoxy) is 10. The summed E-state index contributed by atoms with van der Waals surface area (Å²) in [7, 11) is 0. The Bertz CT molecular complexity index is 1800. The molecule has 3 saturated heterocycles. The van der Waals surface area contributed by atoms with Crippen LogP contribution in [0.4, 0.5) is 0 Å². The Kier molecular flexibility index (Phi) is 16.0.